The zero-order valence-corrected chi connectivity index (χ0v) is 13.8. The molecule has 0 aliphatic carbocycles. The molecule has 0 saturated carbocycles. The first-order valence-corrected chi connectivity index (χ1v) is 8.46. The van der Waals surface area contributed by atoms with Gasteiger partial charge in [-0.15, -0.1) is 11.3 Å². The lowest BCUT2D eigenvalue weighted by Crippen LogP contribution is -2.42. The number of esters is 1. The Bertz CT molecular complexity index is 433. The quantitative estimate of drug-likeness (QED) is 0.820. The zero-order valence-electron chi connectivity index (χ0n) is 13.0. The summed E-state index contributed by atoms with van der Waals surface area (Å²) in [6.45, 7) is 5.17. The Kier molecular flexibility index (Phi) is 6.21. The van der Waals surface area contributed by atoms with Crippen LogP contribution in [0.5, 0.6) is 0 Å². The van der Waals surface area contributed by atoms with E-state index >= 15 is 0 Å². The molecule has 1 aliphatic rings. The molecule has 2 heterocycles. The fourth-order valence-corrected chi connectivity index (χ4v) is 3.50. The summed E-state index contributed by atoms with van der Waals surface area (Å²) in [4.78, 5) is 12.8. The lowest BCUT2D eigenvalue weighted by molar-refractivity contribution is -0.141. The zero-order chi connectivity index (χ0) is 15.2. The molecule has 0 amide bonds. The maximum absolute atomic E-state index is 11.6. The number of methoxy groups -OCH3 is 1. The lowest BCUT2D eigenvalue weighted by Gasteiger charge is -2.34. The van der Waals surface area contributed by atoms with Gasteiger partial charge in [-0.1, -0.05) is 19.9 Å². The molecule has 1 fully saturated rings. The highest BCUT2D eigenvalue weighted by atomic mass is 32.1. The first-order valence-electron chi connectivity index (χ1n) is 7.58. The molecule has 1 aromatic rings. The second-order valence-electron chi connectivity index (χ2n) is 5.89. The molecule has 1 N–H and O–H groups in total. The molecule has 0 radical (unpaired) electrons. The summed E-state index contributed by atoms with van der Waals surface area (Å²) in [7, 11) is 1.44. The van der Waals surface area contributed by atoms with Crippen LogP contribution in [0.1, 0.15) is 44.0 Å². The van der Waals surface area contributed by atoms with Gasteiger partial charge in [0.05, 0.1) is 25.7 Å². The van der Waals surface area contributed by atoms with Gasteiger partial charge < -0.3 is 14.8 Å². The monoisotopic (exact) mass is 311 g/mol. The number of nitrogens with one attached hydrogen (secondary N) is 1. The number of carbonyl (C=O) groups excluding carboxylic acids is 1. The summed E-state index contributed by atoms with van der Waals surface area (Å²) in [5.41, 5.74) is 0. The minimum absolute atomic E-state index is 0.0355. The van der Waals surface area contributed by atoms with E-state index in [9.17, 15) is 4.79 Å². The van der Waals surface area contributed by atoms with Gasteiger partial charge >= 0.3 is 5.97 Å². The molecule has 2 rings (SSSR count). The van der Waals surface area contributed by atoms with Crippen molar-refractivity contribution in [2.45, 2.75) is 51.3 Å². The predicted octanol–water partition coefficient (Wildman–Crippen LogP) is 3.15. The van der Waals surface area contributed by atoms with E-state index in [2.05, 4.69) is 25.2 Å². The summed E-state index contributed by atoms with van der Waals surface area (Å²) in [5, 5.41) is 5.68. The molecule has 3 unspecified atom stereocenters. The van der Waals surface area contributed by atoms with Gasteiger partial charge in [0.1, 0.15) is 0 Å². The summed E-state index contributed by atoms with van der Waals surface area (Å²) < 4.78 is 10.6. The molecular formula is C16H25NO3S. The van der Waals surface area contributed by atoms with Gasteiger partial charge in [0.2, 0.25) is 0 Å². The third-order valence-corrected chi connectivity index (χ3v) is 4.97. The minimum Gasteiger partial charge on any atom is -0.469 e. The molecular weight excluding hydrogens is 286 g/mol. The summed E-state index contributed by atoms with van der Waals surface area (Å²) in [5.74, 6) is 0.351. The molecule has 5 heteroatoms. The topological polar surface area (TPSA) is 47.6 Å². The molecule has 1 aromatic heterocycles. The largest absolute Gasteiger partial charge is 0.469 e. The van der Waals surface area contributed by atoms with Crippen molar-refractivity contribution < 1.29 is 14.3 Å². The summed E-state index contributed by atoms with van der Waals surface area (Å²) in [6.07, 6.45) is 2.67. The Morgan fingerprint density at radius 3 is 3.00 bits per heavy atom. The van der Waals surface area contributed by atoms with Gasteiger partial charge in [0.25, 0.3) is 0 Å². The first-order chi connectivity index (χ1) is 10.1. The lowest BCUT2D eigenvalue weighted by atomic mass is 9.94. The van der Waals surface area contributed by atoms with Gasteiger partial charge in [-0.2, -0.15) is 0 Å². The van der Waals surface area contributed by atoms with E-state index in [1.54, 1.807) is 11.3 Å². The van der Waals surface area contributed by atoms with Gasteiger partial charge in [0, 0.05) is 17.5 Å². The van der Waals surface area contributed by atoms with Crippen LogP contribution >= 0.6 is 11.3 Å². The van der Waals surface area contributed by atoms with Crippen LogP contribution in [0.3, 0.4) is 0 Å². The second kappa shape index (κ2) is 7.92. The predicted molar refractivity (Wildman–Crippen MR) is 84.4 cm³/mol. The van der Waals surface area contributed by atoms with Crippen LogP contribution in [0.15, 0.2) is 17.5 Å². The Morgan fingerprint density at radius 1 is 1.57 bits per heavy atom. The smallest absolute Gasteiger partial charge is 0.307 e. The molecule has 0 spiro atoms. The van der Waals surface area contributed by atoms with E-state index in [0.717, 1.165) is 19.4 Å². The number of carbonyl (C=O) groups is 1. The maximum atomic E-state index is 11.6. The fraction of sp³-hybridized carbons (Fsp3) is 0.688. The van der Waals surface area contributed by atoms with Crippen LogP contribution in [0.2, 0.25) is 0 Å². The third-order valence-electron chi connectivity index (χ3n) is 3.98. The Labute approximate surface area is 130 Å². The average Bonchev–Trinajstić information content (AvgIpc) is 3.01. The first kappa shape index (κ1) is 16.5. The SMILES string of the molecule is COC(=O)CC(NC1CCOC(C(C)C)C1)c1cccs1. The van der Waals surface area contributed by atoms with Gasteiger partial charge in [-0.05, 0) is 30.2 Å². The minimum atomic E-state index is -0.173. The number of thiophene rings is 1. The van der Waals surface area contributed by atoms with Gasteiger partial charge in [0.15, 0.2) is 0 Å². The highest BCUT2D eigenvalue weighted by molar-refractivity contribution is 7.10. The molecule has 4 nitrogen and oxygen atoms in total. The van der Waals surface area contributed by atoms with Crippen LogP contribution < -0.4 is 5.32 Å². The molecule has 0 aromatic carbocycles. The van der Waals surface area contributed by atoms with Crippen molar-refractivity contribution in [1.82, 2.24) is 5.32 Å². The molecule has 118 valence electrons. The second-order valence-corrected chi connectivity index (χ2v) is 6.87. The van der Waals surface area contributed by atoms with E-state index in [0.29, 0.717) is 24.5 Å². The molecule has 0 bridgehead atoms. The molecule has 1 aliphatic heterocycles. The van der Waals surface area contributed by atoms with E-state index in [-0.39, 0.29) is 12.0 Å². The van der Waals surface area contributed by atoms with Crippen molar-refractivity contribution in [3.8, 4) is 0 Å². The Hall–Kier alpha value is -0.910. The van der Waals surface area contributed by atoms with E-state index in [1.807, 2.05) is 11.4 Å². The van der Waals surface area contributed by atoms with Crippen LogP contribution in [0, 0.1) is 5.92 Å². The normalized spacial score (nSPS) is 24.0. The Balaban J connectivity index is 1.99. The highest BCUT2D eigenvalue weighted by Crippen LogP contribution is 2.27. The van der Waals surface area contributed by atoms with Crippen molar-refractivity contribution in [3.05, 3.63) is 22.4 Å². The van der Waals surface area contributed by atoms with Crippen LogP contribution in [-0.4, -0.2) is 31.8 Å². The number of hydrogen-bond donors (Lipinski definition) is 1. The number of rotatable bonds is 6. The highest BCUT2D eigenvalue weighted by Gasteiger charge is 2.28. The van der Waals surface area contributed by atoms with Crippen molar-refractivity contribution >= 4 is 17.3 Å². The van der Waals surface area contributed by atoms with Crippen molar-refractivity contribution in [1.29, 1.82) is 0 Å². The molecule has 21 heavy (non-hydrogen) atoms. The summed E-state index contributed by atoms with van der Waals surface area (Å²) in [6, 6.07) is 4.52. The molecule has 1 saturated heterocycles. The van der Waals surface area contributed by atoms with Crippen LogP contribution in [-0.2, 0) is 14.3 Å². The Morgan fingerprint density at radius 2 is 2.38 bits per heavy atom. The molecule has 3 atom stereocenters. The van der Waals surface area contributed by atoms with Crippen LogP contribution in [0.25, 0.3) is 0 Å². The van der Waals surface area contributed by atoms with Crippen LogP contribution in [0.4, 0.5) is 0 Å². The van der Waals surface area contributed by atoms with E-state index in [1.165, 1.54) is 12.0 Å². The standard InChI is InChI=1S/C16H25NO3S/c1-11(2)14-9-12(6-7-20-14)17-13(10-16(18)19-3)15-5-4-8-21-15/h4-5,8,11-14,17H,6-7,9-10H2,1-3H3. The van der Waals surface area contributed by atoms with Crippen molar-refractivity contribution in [2.24, 2.45) is 5.92 Å². The van der Waals surface area contributed by atoms with E-state index < -0.39 is 0 Å². The number of hydrogen-bond acceptors (Lipinski definition) is 5. The maximum Gasteiger partial charge on any atom is 0.307 e. The van der Waals surface area contributed by atoms with Crippen molar-refractivity contribution in [3.63, 3.8) is 0 Å². The fourth-order valence-electron chi connectivity index (χ4n) is 2.71. The van der Waals surface area contributed by atoms with Gasteiger partial charge in [-0.25, -0.2) is 0 Å². The average molecular weight is 311 g/mol. The van der Waals surface area contributed by atoms with E-state index in [4.69, 9.17) is 9.47 Å². The van der Waals surface area contributed by atoms with Crippen molar-refractivity contribution in [2.75, 3.05) is 13.7 Å². The summed E-state index contributed by atoms with van der Waals surface area (Å²) >= 11 is 1.68. The van der Waals surface area contributed by atoms with Gasteiger partial charge in [-0.3, -0.25) is 4.79 Å². The number of ether oxygens (including phenoxy) is 2. The third kappa shape index (κ3) is 4.80.